The van der Waals surface area contributed by atoms with E-state index in [2.05, 4.69) is 51.2 Å². The van der Waals surface area contributed by atoms with Crippen LogP contribution in [0, 0.1) is 0 Å². The van der Waals surface area contributed by atoms with Gasteiger partial charge in [-0.3, -0.25) is 0 Å². The quantitative estimate of drug-likeness (QED) is 0.848. The molecule has 2 heteroatoms. The molecule has 2 rings (SSSR count). The third-order valence-corrected chi connectivity index (χ3v) is 3.57. The van der Waals surface area contributed by atoms with E-state index in [0.717, 1.165) is 12.3 Å². The average Bonchev–Trinajstić information content (AvgIpc) is 2.62. The second kappa shape index (κ2) is 5.75. The fourth-order valence-electron chi connectivity index (χ4n) is 2.77. The monoisotopic (exact) mass is 247 g/mol. The highest BCUT2D eigenvalue weighted by Crippen LogP contribution is 2.41. The summed E-state index contributed by atoms with van der Waals surface area (Å²) in [6, 6.07) is 7.08. The minimum atomic E-state index is 0.240. The van der Waals surface area contributed by atoms with Crippen molar-refractivity contribution in [2.45, 2.75) is 58.6 Å². The smallest absolute Gasteiger partial charge is 0.120 e. The van der Waals surface area contributed by atoms with Gasteiger partial charge in [0.05, 0.1) is 6.10 Å². The predicted molar refractivity (Wildman–Crippen MR) is 76.3 cm³/mol. The minimum absolute atomic E-state index is 0.240. The maximum atomic E-state index is 5.80. The highest BCUT2D eigenvalue weighted by molar-refractivity contribution is 5.43. The number of ether oxygens (including phenoxy) is 1. The van der Waals surface area contributed by atoms with Crippen LogP contribution in [0.1, 0.15) is 63.6 Å². The Morgan fingerprint density at radius 3 is 2.78 bits per heavy atom. The van der Waals surface area contributed by atoms with Crippen molar-refractivity contribution in [3.63, 3.8) is 0 Å². The largest absolute Gasteiger partial charge is 0.491 e. The van der Waals surface area contributed by atoms with E-state index < -0.39 is 0 Å². The van der Waals surface area contributed by atoms with Gasteiger partial charge in [0, 0.05) is 6.04 Å². The second-order valence-corrected chi connectivity index (χ2v) is 5.60. The highest BCUT2D eigenvalue weighted by Gasteiger charge is 2.27. The molecule has 0 amide bonds. The van der Waals surface area contributed by atoms with Crippen molar-refractivity contribution in [2.75, 3.05) is 6.54 Å². The summed E-state index contributed by atoms with van der Waals surface area (Å²) in [5, 5.41) is 3.64. The van der Waals surface area contributed by atoms with Gasteiger partial charge in [-0.1, -0.05) is 19.9 Å². The van der Waals surface area contributed by atoms with Gasteiger partial charge < -0.3 is 10.1 Å². The fraction of sp³-hybridized carbons (Fsp3) is 0.625. The van der Waals surface area contributed by atoms with Crippen LogP contribution in [0.2, 0.25) is 0 Å². The fourth-order valence-corrected chi connectivity index (χ4v) is 2.77. The van der Waals surface area contributed by atoms with E-state index in [-0.39, 0.29) is 6.10 Å². The molecule has 0 saturated heterocycles. The molecule has 100 valence electrons. The highest BCUT2D eigenvalue weighted by atomic mass is 16.5. The van der Waals surface area contributed by atoms with Crippen LogP contribution in [0.25, 0.3) is 0 Å². The summed E-state index contributed by atoms with van der Waals surface area (Å²) < 4.78 is 5.80. The predicted octanol–water partition coefficient (Wildman–Crippen LogP) is 4.02. The van der Waals surface area contributed by atoms with Gasteiger partial charge in [-0.05, 0) is 62.4 Å². The van der Waals surface area contributed by atoms with Gasteiger partial charge in [0.2, 0.25) is 0 Å². The first-order valence-corrected chi connectivity index (χ1v) is 7.15. The molecule has 1 aliphatic carbocycles. The van der Waals surface area contributed by atoms with E-state index in [1.54, 1.807) is 0 Å². The van der Waals surface area contributed by atoms with E-state index >= 15 is 0 Å². The molecule has 0 saturated carbocycles. The van der Waals surface area contributed by atoms with Crippen LogP contribution >= 0.6 is 0 Å². The Bertz CT molecular complexity index is 400. The summed E-state index contributed by atoms with van der Waals surface area (Å²) in [4.78, 5) is 0. The first kappa shape index (κ1) is 13.4. The lowest BCUT2D eigenvalue weighted by atomic mass is 10.0. The topological polar surface area (TPSA) is 21.3 Å². The van der Waals surface area contributed by atoms with Gasteiger partial charge in [-0.15, -0.1) is 0 Å². The zero-order chi connectivity index (χ0) is 13.1. The maximum Gasteiger partial charge on any atom is 0.120 e. The lowest BCUT2D eigenvalue weighted by Crippen LogP contribution is -2.20. The second-order valence-electron chi connectivity index (χ2n) is 5.60. The summed E-state index contributed by atoms with van der Waals surface area (Å²) in [7, 11) is 0. The number of benzene rings is 1. The number of rotatable bonds is 5. The van der Waals surface area contributed by atoms with Crippen LogP contribution < -0.4 is 10.1 Å². The molecule has 1 N–H and O–H groups in total. The van der Waals surface area contributed by atoms with Crippen LogP contribution in [0.5, 0.6) is 5.75 Å². The Morgan fingerprint density at radius 2 is 2.11 bits per heavy atom. The van der Waals surface area contributed by atoms with Crippen molar-refractivity contribution < 1.29 is 4.74 Å². The van der Waals surface area contributed by atoms with Crippen molar-refractivity contribution in [3.05, 3.63) is 29.3 Å². The summed E-state index contributed by atoms with van der Waals surface area (Å²) in [6.07, 6.45) is 2.63. The molecule has 0 spiro atoms. The molecule has 0 fully saturated rings. The number of fused-ring (bicyclic) bond motifs is 1. The van der Waals surface area contributed by atoms with Gasteiger partial charge in [-0.25, -0.2) is 0 Å². The summed E-state index contributed by atoms with van der Waals surface area (Å²) in [6.45, 7) is 9.76. The van der Waals surface area contributed by atoms with Gasteiger partial charge in [0.25, 0.3) is 0 Å². The van der Waals surface area contributed by atoms with Crippen molar-refractivity contribution >= 4 is 0 Å². The third-order valence-electron chi connectivity index (χ3n) is 3.57. The lowest BCUT2D eigenvalue weighted by molar-refractivity contribution is 0.242. The van der Waals surface area contributed by atoms with E-state index in [4.69, 9.17) is 4.74 Å². The molecule has 0 aliphatic heterocycles. The normalized spacial score (nSPS) is 22.3. The Balaban J connectivity index is 2.20. The van der Waals surface area contributed by atoms with Gasteiger partial charge in [0.15, 0.2) is 0 Å². The molecular formula is C16H25NO. The molecule has 0 aromatic heterocycles. The Hall–Kier alpha value is -1.02. The van der Waals surface area contributed by atoms with Gasteiger partial charge >= 0.3 is 0 Å². The number of hydrogen-bond donors (Lipinski definition) is 1. The van der Waals surface area contributed by atoms with E-state index in [0.29, 0.717) is 12.0 Å². The average molecular weight is 247 g/mol. The van der Waals surface area contributed by atoms with Crippen LogP contribution in [0.15, 0.2) is 18.2 Å². The standard InChI is InChI=1S/C16H25NO/c1-5-8-17-16-9-12(4)14-7-6-13(10-15(14)16)18-11(2)3/h6-7,10-12,16-17H,5,8-9H2,1-4H3. The zero-order valence-electron chi connectivity index (χ0n) is 12.0. The first-order valence-electron chi connectivity index (χ1n) is 7.15. The number of nitrogens with one attached hydrogen (secondary N) is 1. The Kier molecular flexibility index (Phi) is 4.28. The van der Waals surface area contributed by atoms with Crippen molar-refractivity contribution in [3.8, 4) is 5.75 Å². The van der Waals surface area contributed by atoms with Crippen LogP contribution in [-0.2, 0) is 0 Å². The molecule has 2 atom stereocenters. The van der Waals surface area contributed by atoms with Crippen molar-refractivity contribution in [2.24, 2.45) is 0 Å². The summed E-state index contributed by atoms with van der Waals surface area (Å²) in [5.41, 5.74) is 2.92. The number of hydrogen-bond acceptors (Lipinski definition) is 2. The zero-order valence-corrected chi connectivity index (χ0v) is 12.0. The van der Waals surface area contributed by atoms with Crippen molar-refractivity contribution in [1.29, 1.82) is 0 Å². The Morgan fingerprint density at radius 1 is 1.33 bits per heavy atom. The molecule has 0 heterocycles. The molecule has 0 radical (unpaired) electrons. The summed E-state index contributed by atoms with van der Waals surface area (Å²) in [5.74, 6) is 1.66. The first-order chi connectivity index (χ1) is 8.61. The van der Waals surface area contributed by atoms with Crippen LogP contribution in [0.3, 0.4) is 0 Å². The SMILES string of the molecule is CCCNC1CC(C)c2ccc(OC(C)C)cc21. The van der Waals surface area contributed by atoms with Gasteiger partial charge in [-0.2, -0.15) is 0 Å². The molecule has 18 heavy (non-hydrogen) atoms. The molecule has 1 aromatic carbocycles. The van der Waals surface area contributed by atoms with Crippen molar-refractivity contribution in [1.82, 2.24) is 5.32 Å². The molecule has 2 unspecified atom stereocenters. The summed E-state index contributed by atoms with van der Waals surface area (Å²) >= 11 is 0. The minimum Gasteiger partial charge on any atom is -0.491 e. The molecule has 1 aromatic rings. The molecule has 2 nitrogen and oxygen atoms in total. The third kappa shape index (κ3) is 2.86. The molecular weight excluding hydrogens is 222 g/mol. The van der Waals surface area contributed by atoms with Crippen LogP contribution in [-0.4, -0.2) is 12.6 Å². The molecule has 0 bridgehead atoms. The van der Waals surface area contributed by atoms with E-state index in [1.165, 1.54) is 24.0 Å². The maximum absolute atomic E-state index is 5.80. The Labute approximate surface area is 111 Å². The van der Waals surface area contributed by atoms with E-state index in [1.807, 2.05) is 0 Å². The molecule has 1 aliphatic rings. The van der Waals surface area contributed by atoms with E-state index in [9.17, 15) is 0 Å². The van der Waals surface area contributed by atoms with Crippen LogP contribution in [0.4, 0.5) is 0 Å². The van der Waals surface area contributed by atoms with Gasteiger partial charge in [0.1, 0.15) is 5.75 Å². The lowest BCUT2D eigenvalue weighted by Gasteiger charge is -2.15.